The minimum atomic E-state index is -1.07. The van der Waals surface area contributed by atoms with E-state index in [1.54, 1.807) is 14.0 Å². The molecule has 0 amide bonds. The van der Waals surface area contributed by atoms with E-state index in [9.17, 15) is 0 Å². The standard InChI is InChI=1S/C5H13NO2/c1-5(6,7)3-4-8-2/h7H,3-4,6H2,1-2H3. The number of hydrogen-bond acceptors (Lipinski definition) is 3. The molecule has 3 N–H and O–H groups in total. The molecule has 0 aromatic carbocycles. The van der Waals surface area contributed by atoms with E-state index in [0.717, 1.165) is 0 Å². The van der Waals surface area contributed by atoms with Gasteiger partial charge in [-0.05, 0) is 6.92 Å². The van der Waals surface area contributed by atoms with E-state index in [1.807, 2.05) is 0 Å². The quantitative estimate of drug-likeness (QED) is 0.501. The van der Waals surface area contributed by atoms with Crippen LogP contribution in [0.4, 0.5) is 0 Å². The highest BCUT2D eigenvalue weighted by molar-refractivity contribution is 4.60. The number of rotatable bonds is 3. The molecule has 8 heavy (non-hydrogen) atoms. The van der Waals surface area contributed by atoms with Crippen molar-refractivity contribution in [2.45, 2.75) is 19.1 Å². The maximum absolute atomic E-state index is 8.85. The van der Waals surface area contributed by atoms with Gasteiger partial charge in [-0.2, -0.15) is 0 Å². The molecule has 0 spiro atoms. The van der Waals surface area contributed by atoms with Gasteiger partial charge in [0.15, 0.2) is 0 Å². The van der Waals surface area contributed by atoms with Crippen molar-refractivity contribution in [1.82, 2.24) is 0 Å². The molecule has 0 radical (unpaired) electrons. The van der Waals surface area contributed by atoms with Crippen LogP contribution in [0.1, 0.15) is 13.3 Å². The summed E-state index contributed by atoms with van der Waals surface area (Å²) in [5.74, 6) is 0. The molecule has 0 saturated heterocycles. The summed E-state index contributed by atoms with van der Waals surface area (Å²) in [7, 11) is 1.58. The Morgan fingerprint density at radius 3 is 2.38 bits per heavy atom. The van der Waals surface area contributed by atoms with E-state index in [0.29, 0.717) is 13.0 Å². The molecule has 0 fully saturated rings. The molecule has 0 aliphatic heterocycles. The van der Waals surface area contributed by atoms with Crippen molar-refractivity contribution in [1.29, 1.82) is 0 Å². The largest absolute Gasteiger partial charge is 0.385 e. The minimum absolute atomic E-state index is 0.476. The van der Waals surface area contributed by atoms with Crippen LogP contribution in [0.15, 0.2) is 0 Å². The lowest BCUT2D eigenvalue weighted by Gasteiger charge is -2.15. The molecule has 0 aliphatic rings. The Kier molecular flexibility index (Phi) is 2.97. The van der Waals surface area contributed by atoms with Gasteiger partial charge in [-0.3, -0.25) is 0 Å². The molecule has 1 unspecified atom stereocenters. The maximum Gasteiger partial charge on any atom is 0.112 e. The van der Waals surface area contributed by atoms with Crippen LogP contribution in [0.25, 0.3) is 0 Å². The van der Waals surface area contributed by atoms with E-state index < -0.39 is 5.72 Å². The normalized spacial score (nSPS) is 18.0. The van der Waals surface area contributed by atoms with Gasteiger partial charge in [0.1, 0.15) is 5.72 Å². The maximum atomic E-state index is 8.85. The van der Waals surface area contributed by atoms with E-state index in [4.69, 9.17) is 10.8 Å². The average molecular weight is 119 g/mol. The predicted octanol–water partition coefficient (Wildman–Crippen LogP) is -0.310. The summed E-state index contributed by atoms with van der Waals surface area (Å²) >= 11 is 0. The van der Waals surface area contributed by atoms with E-state index in [1.165, 1.54) is 0 Å². The summed E-state index contributed by atoms with van der Waals surface area (Å²) in [6.07, 6.45) is 0.476. The molecule has 0 rings (SSSR count). The zero-order chi connectivity index (χ0) is 6.62. The second-order valence-electron chi connectivity index (χ2n) is 2.10. The van der Waals surface area contributed by atoms with Gasteiger partial charge in [-0.15, -0.1) is 0 Å². The van der Waals surface area contributed by atoms with Gasteiger partial charge in [0.05, 0.1) is 6.61 Å². The summed E-state index contributed by atoms with van der Waals surface area (Å²) < 4.78 is 4.68. The lowest BCUT2D eigenvalue weighted by atomic mass is 10.2. The number of hydrogen-bond donors (Lipinski definition) is 2. The van der Waals surface area contributed by atoms with Crippen molar-refractivity contribution >= 4 is 0 Å². The van der Waals surface area contributed by atoms with Crippen LogP contribution in [0, 0.1) is 0 Å². The van der Waals surface area contributed by atoms with Gasteiger partial charge in [0.2, 0.25) is 0 Å². The van der Waals surface area contributed by atoms with Crippen molar-refractivity contribution in [3.63, 3.8) is 0 Å². The first-order valence-electron chi connectivity index (χ1n) is 2.56. The van der Waals surface area contributed by atoms with Crippen LogP contribution in [0.3, 0.4) is 0 Å². The van der Waals surface area contributed by atoms with Crippen molar-refractivity contribution in [2.24, 2.45) is 5.73 Å². The van der Waals surface area contributed by atoms with E-state index in [2.05, 4.69) is 4.74 Å². The number of nitrogens with two attached hydrogens (primary N) is 1. The number of aliphatic hydroxyl groups is 1. The molecule has 0 aromatic heterocycles. The zero-order valence-electron chi connectivity index (χ0n) is 5.35. The van der Waals surface area contributed by atoms with Crippen molar-refractivity contribution in [2.75, 3.05) is 13.7 Å². The molecular formula is C5H13NO2. The van der Waals surface area contributed by atoms with Crippen LogP contribution < -0.4 is 5.73 Å². The highest BCUT2D eigenvalue weighted by Crippen LogP contribution is 1.97. The summed E-state index contributed by atoms with van der Waals surface area (Å²) in [4.78, 5) is 0. The highest BCUT2D eigenvalue weighted by atomic mass is 16.5. The Balaban J connectivity index is 3.11. The van der Waals surface area contributed by atoms with Crippen LogP contribution >= 0.6 is 0 Å². The Bertz CT molecular complexity index is 57.9. The summed E-state index contributed by atoms with van der Waals surface area (Å²) in [5, 5.41) is 8.85. The van der Waals surface area contributed by atoms with Gasteiger partial charge in [-0.25, -0.2) is 0 Å². The fourth-order valence-corrected chi connectivity index (χ4v) is 0.309. The third kappa shape index (κ3) is 5.88. The Morgan fingerprint density at radius 2 is 2.25 bits per heavy atom. The Hall–Kier alpha value is -0.120. The first-order valence-corrected chi connectivity index (χ1v) is 2.56. The predicted molar refractivity (Wildman–Crippen MR) is 31.3 cm³/mol. The van der Waals surface area contributed by atoms with Gasteiger partial charge in [0.25, 0.3) is 0 Å². The summed E-state index contributed by atoms with van der Waals surface area (Å²) in [6.45, 7) is 2.05. The first-order chi connectivity index (χ1) is 3.56. The molecular weight excluding hydrogens is 106 g/mol. The Labute approximate surface area is 49.4 Å². The monoisotopic (exact) mass is 119 g/mol. The second kappa shape index (κ2) is 3.02. The van der Waals surface area contributed by atoms with Gasteiger partial charge in [-0.1, -0.05) is 0 Å². The molecule has 0 saturated carbocycles. The lowest BCUT2D eigenvalue weighted by Crippen LogP contribution is -2.36. The molecule has 0 aromatic rings. The Morgan fingerprint density at radius 1 is 1.75 bits per heavy atom. The average Bonchev–Trinajstić information content (AvgIpc) is 1.59. The van der Waals surface area contributed by atoms with Crippen LogP contribution in [-0.4, -0.2) is 24.5 Å². The van der Waals surface area contributed by atoms with E-state index >= 15 is 0 Å². The van der Waals surface area contributed by atoms with Crippen molar-refractivity contribution in [3.8, 4) is 0 Å². The van der Waals surface area contributed by atoms with Gasteiger partial charge in [0, 0.05) is 13.5 Å². The van der Waals surface area contributed by atoms with Gasteiger partial charge >= 0.3 is 0 Å². The van der Waals surface area contributed by atoms with Crippen molar-refractivity contribution < 1.29 is 9.84 Å². The molecule has 0 aliphatic carbocycles. The van der Waals surface area contributed by atoms with Crippen LogP contribution in [0.2, 0.25) is 0 Å². The van der Waals surface area contributed by atoms with Gasteiger partial charge < -0.3 is 15.6 Å². The lowest BCUT2D eigenvalue weighted by molar-refractivity contribution is 0.0303. The molecule has 3 heteroatoms. The zero-order valence-corrected chi connectivity index (χ0v) is 5.35. The summed E-state index contributed by atoms with van der Waals surface area (Å²) in [5.41, 5.74) is 4.12. The highest BCUT2D eigenvalue weighted by Gasteiger charge is 2.10. The van der Waals surface area contributed by atoms with Crippen LogP contribution in [0.5, 0.6) is 0 Å². The summed E-state index contributed by atoms with van der Waals surface area (Å²) in [6, 6.07) is 0. The first kappa shape index (κ1) is 7.88. The minimum Gasteiger partial charge on any atom is -0.385 e. The fourth-order valence-electron chi connectivity index (χ4n) is 0.309. The molecule has 3 nitrogen and oxygen atoms in total. The molecule has 0 bridgehead atoms. The van der Waals surface area contributed by atoms with E-state index in [-0.39, 0.29) is 0 Å². The van der Waals surface area contributed by atoms with Crippen LogP contribution in [-0.2, 0) is 4.74 Å². The molecule has 50 valence electrons. The third-order valence-electron chi connectivity index (χ3n) is 0.812. The fraction of sp³-hybridized carbons (Fsp3) is 1.00. The van der Waals surface area contributed by atoms with Crippen molar-refractivity contribution in [3.05, 3.63) is 0 Å². The SMILES string of the molecule is COCCC(C)(N)O. The third-order valence-corrected chi connectivity index (χ3v) is 0.812. The topological polar surface area (TPSA) is 55.5 Å². The molecule has 1 atom stereocenters. The number of methoxy groups -OCH3 is 1. The molecule has 0 heterocycles. The second-order valence-corrected chi connectivity index (χ2v) is 2.10. The number of ether oxygens (including phenoxy) is 1. The smallest absolute Gasteiger partial charge is 0.112 e.